The predicted octanol–water partition coefficient (Wildman–Crippen LogP) is 4.33. The second-order valence-electron chi connectivity index (χ2n) is 8.05. The Morgan fingerprint density at radius 3 is 2.45 bits per heavy atom. The molecule has 2 aromatic heterocycles. The summed E-state index contributed by atoms with van der Waals surface area (Å²) in [4.78, 5) is 27.6. The fraction of sp³-hybridized carbons (Fsp3) is 0.200. The molecule has 2 aromatic carbocycles. The van der Waals surface area contributed by atoms with E-state index in [1.165, 1.54) is 35.7 Å². The zero-order chi connectivity index (χ0) is 23.8. The largest absolute Gasteiger partial charge is 0.468 e. The summed E-state index contributed by atoms with van der Waals surface area (Å²) in [6.07, 6.45) is 1.46. The summed E-state index contributed by atoms with van der Waals surface area (Å²) in [6.45, 7) is 5.00. The SMILES string of the molecule is CC(=O)c1cccc(S(=O)(=O)N(Cc2ccco2)Cc2cc3c(C)ccc(C)c3[nH]c2=O)c1. The van der Waals surface area contributed by atoms with E-state index in [0.29, 0.717) is 16.9 Å². The number of carbonyl (C=O) groups is 1. The van der Waals surface area contributed by atoms with Gasteiger partial charge in [-0.05, 0) is 62.2 Å². The molecule has 0 fully saturated rings. The van der Waals surface area contributed by atoms with E-state index in [1.54, 1.807) is 24.3 Å². The number of furan rings is 1. The van der Waals surface area contributed by atoms with Crippen molar-refractivity contribution in [1.82, 2.24) is 9.29 Å². The number of ketones is 1. The van der Waals surface area contributed by atoms with E-state index < -0.39 is 10.0 Å². The van der Waals surface area contributed by atoms with Crippen molar-refractivity contribution in [3.05, 3.63) is 99.2 Å². The van der Waals surface area contributed by atoms with Gasteiger partial charge in [-0.15, -0.1) is 0 Å². The number of benzene rings is 2. The fourth-order valence-electron chi connectivity index (χ4n) is 3.75. The predicted molar refractivity (Wildman–Crippen MR) is 126 cm³/mol. The van der Waals surface area contributed by atoms with Gasteiger partial charge in [0.2, 0.25) is 10.0 Å². The Balaban J connectivity index is 1.81. The number of nitrogens with one attached hydrogen (secondary N) is 1. The number of rotatable bonds is 7. The smallest absolute Gasteiger partial charge is 0.252 e. The number of aromatic nitrogens is 1. The summed E-state index contributed by atoms with van der Waals surface area (Å²) in [5.41, 5.74) is 2.90. The number of H-pyrrole nitrogens is 1. The second kappa shape index (κ2) is 8.80. The minimum atomic E-state index is -4.05. The summed E-state index contributed by atoms with van der Waals surface area (Å²) in [5.74, 6) is 0.201. The number of fused-ring (bicyclic) bond motifs is 1. The number of pyridine rings is 1. The van der Waals surface area contributed by atoms with Crippen molar-refractivity contribution in [3.63, 3.8) is 0 Å². The van der Waals surface area contributed by atoms with Crippen molar-refractivity contribution in [3.8, 4) is 0 Å². The van der Waals surface area contributed by atoms with Crippen LogP contribution in [0.25, 0.3) is 10.9 Å². The molecule has 0 atom stereocenters. The lowest BCUT2D eigenvalue weighted by atomic mass is 10.0. The van der Waals surface area contributed by atoms with E-state index in [-0.39, 0.29) is 29.3 Å². The van der Waals surface area contributed by atoms with Gasteiger partial charge in [-0.25, -0.2) is 8.42 Å². The molecule has 0 aliphatic heterocycles. The van der Waals surface area contributed by atoms with Gasteiger partial charge >= 0.3 is 0 Å². The third kappa shape index (κ3) is 4.53. The minimum absolute atomic E-state index is 0.0222. The average molecular weight is 465 g/mol. The highest BCUT2D eigenvalue weighted by molar-refractivity contribution is 7.89. The number of aryl methyl sites for hydroxylation is 2. The summed E-state index contributed by atoms with van der Waals surface area (Å²) in [6, 6.07) is 14.9. The Kier molecular flexibility index (Phi) is 6.05. The molecule has 0 saturated carbocycles. The standard InChI is InChI=1S/C25H24N2O5S/c1-16-9-10-17(2)24-23(16)13-20(25(29)26-24)14-27(15-21-7-5-11-32-21)33(30,31)22-8-4-6-19(12-22)18(3)28/h4-13H,14-15H2,1-3H3,(H,26,29). The summed E-state index contributed by atoms with van der Waals surface area (Å²) >= 11 is 0. The molecular weight excluding hydrogens is 440 g/mol. The number of sulfonamides is 1. The van der Waals surface area contributed by atoms with Crippen molar-refractivity contribution in [2.24, 2.45) is 0 Å². The molecule has 0 unspecified atom stereocenters. The Labute approximate surface area is 191 Å². The molecule has 4 rings (SSSR count). The summed E-state index contributed by atoms with van der Waals surface area (Å²) in [7, 11) is -4.05. The third-order valence-corrected chi connectivity index (χ3v) is 7.45. The van der Waals surface area contributed by atoms with Gasteiger partial charge in [0, 0.05) is 23.1 Å². The topological polar surface area (TPSA) is 100 Å². The van der Waals surface area contributed by atoms with E-state index in [2.05, 4.69) is 4.98 Å². The van der Waals surface area contributed by atoms with Crippen molar-refractivity contribution in [1.29, 1.82) is 0 Å². The molecule has 1 N–H and O–H groups in total. The van der Waals surface area contributed by atoms with Gasteiger partial charge in [0.1, 0.15) is 5.76 Å². The normalized spacial score (nSPS) is 11.9. The van der Waals surface area contributed by atoms with Crippen molar-refractivity contribution >= 4 is 26.7 Å². The Bertz CT molecular complexity index is 1500. The van der Waals surface area contributed by atoms with Gasteiger partial charge in [0.25, 0.3) is 5.56 Å². The first-order valence-corrected chi connectivity index (χ1v) is 11.9. The number of aromatic amines is 1. The lowest BCUT2D eigenvalue weighted by Crippen LogP contribution is -2.32. The van der Waals surface area contributed by atoms with Crippen molar-refractivity contribution < 1.29 is 17.6 Å². The van der Waals surface area contributed by atoms with E-state index in [0.717, 1.165) is 22.0 Å². The van der Waals surface area contributed by atoms with Crippen LogP contribution in [0.5, 0.6) is 0 Å². The Hall–Kier alpha value is -3.49. The molecular formula is C25H24N2O5S. The molecule has 0 saturated heterocycles. The van der Waals surface area contributed by atoms with E-state index >= 15 is 0 Å². The first-order chi connectivity index (χ1) is 15.7. The highest BCUT2D eigenvalue weighted by Gasteiger charge is 2.27. The molecule has 7 nitrogen and oxygen atoms in total. The fourth-order valence-corrected chi connectivity index (χ4v) is 5.18. The first kappa shape index (κ1) is 22.7. The second-order valence-corrected chi connectivity index (χ2v) is 9.99. The molecule has 0 aliphatic carbocycles. The summed E-state index contributed by atoms with van der Waals surface area (Å²) < 4.78 is 33.8. The van der Waals surface area contributed by atoms with Gasteiger partial charge < -0.3 is 9.40 Å². The van der Waals surface area contributed by atoms with Crippen LogP contribution in [0.15, 0.2) is 75.0 Å². The quantitative estimate of drug-likeness (QED) is 0.410. The van der Waals surface area contributed by atoms with Gasteiger partial charge in [0.05, 0.1) is 23.2 Å². The first-order valence-electron chi connectivity index (χ1n) is 10.4. The number of nitrogens with zero attached hydrogens (tertiary/aromatic N) is 1. The molecule has 2 heterocycles. The monoisotopic (exact) mass is 464 g/mol. The van der Waals surface area contributed by atoms with Crippen LogP contribution in [0.2, 0.25) is 0 Å². The highest BCUT2D eigenvalue weighted by Crippen LogP contribution is 2.24. The number of hydrogen-bond acceptors (Lipinski definition) is 5. The van der Waals surface area contributed by atoms with Gasteiger partial charge in [-0.2, -0.15) is 4.31 Å². The van der Waals surface area contributed by atoms with Crippen molar-refractivity contribution in [2.75, 3.05) is 0 Å². The van der Waals surface area contributed by atoms with Crippen LogP contribution in [-0.2, 0) is 23.1 Å². The average Bonchev–Trinajstić information content (AvgIpc) is 3.30. The lowest BCUT2D eigenvalue weighted by Gasteiger charge is -2.22. The van der Waals surface area contributed by atoms with Crippen LogP contribution in [0, 0.1) is 13.8 Å². The zero-order valence-corrected chi connectivity index (χ0v) is 19.4. The Morgan fingerprint density at radius 1 is 1.00 bits per heavy atom. The molecule has 0 aliphatic rings. The van der Waals surface area contributed by atoms with Crippen LogP contribution >= 0.6 is 0 Å². The van der Waals surface area contributed by atoms with Crippen molar-refractivity contribution in [2.45, 2.75) is 38.8 Å². The highest BCUT2D eigenvalue weighted by atomic mass is 32.2. The van der Waals surface area contributed by atoms with E-state index in [4.69, 9.17) is 4.42 Å². The van der Waals surface area contributed by atoms with Gasteiger partial charge in [-0.1, -0.05) is 24.3 Å². The molecule has 0 bridgehead atoms. The zero-order valence-electron chi connectivity index (χ0n) is 18.6. The maximum Gasteiger partial charge on any atom is 0.252 e. The molecule has 0 spiro atoms. The minimum Gasteiger partial charge on any atom is -0.468 e. The van der Waals surface area contributed by atoms with Gasteiger partial charge in [0.15, 0.2) is 5.78 Å². The van der Waals surface area contributed by atoms with Crippen LogP contribution in [0.4, 0.5) is 0 Å². The molecule has 170 valence electrons. The van der Waals surface area contributed by atoms with Gasteiger partial charge in [-0.3, -0.25) is 9.59 Å². The molecule has 8 heteroatoms. The lowest BCUT2D eigenvalue weighted by molar-refractivity contribution is 0.101. The van der Waals surface area contributed by atoms with Crippen LogP contribution < -0.4 is 5.56 Å². The number of hydrogen-bond donors (Lipinski definition) is 1. The Morgan fingerprint density at radius 2 is 1.76 bits per heavy atom. The van der Waals surface area contributed by atoms with Crippen LogP contribution in [-0.4, -0.2) is 23.5 Å². The van der Waals surface area contributed by atoms with Crippen LogP contribution in [0.1, 0.15) is 39.7 Å². The maximum atomic E-state index is 13.6. The maximum absolute atomic E-state index is 13.6. The van der Waals surface area contributed by atoms with E-state index in [1.807, 2.05) is 26.0 Å². The third-order valence-electron chi connectivity index (χ3n) is 5.66. The van der Waals surface area contributed by atoms with Crippen LogP contribution in [0.3, 0.4) is 0 Å². The summed E-state index contributed by atoms with van der Waals surface area (Å²) in [5, 5.41) is 0.860. The molecule has 0 amide bonds. The van der Waals surface area contributed by atoms with E-state index in [9.17, 15) is 18.0 Å². The number of Topliss-reactive ketones (excluding diaryl/α,β-unsaturated/α-hetero) is 1. The number of carbonyl (C=O) groups excluding carboxylic acids is 1. The molecule has 0 radical (unpaired) electrons. The molecule has 33 heavy (non-hydrogen) atoms. The molecule has 4 aromatic rings.